The van der Waals surface area contributed by atoms with E-state index in [0.717, 1.165) is 17.7 Å². The Bertz CT molecular complexity index is 733. The lowest BCUT2D eigenvalue weighted by Gasteiger charge is -2.21. The van der Waals surface area contributed by atoms with Crippen LogP contribution in [0, 0.1) is 0 Å². The van der Waals surface area contributed by atoms with Gasteiger partial charge in [0.05, 0.1) is 10.7 Å². The molecule has 0 aliphatic rings. The largest absolute Gasteiger partial charge is 0.480 e. The molecular weight excluding hydrogens is 336 g/mol. The number of hydrogen-bond acceptors (Lipinski definition) is 3. The molecule has 3 N–H and O–H groups in total. The van der Waals surface area contributed by atoms with Crippen molar-refractivity contribution in [3.05, 3.63) is 53.1 Å². The fraction of sp³-hybridized carbons (Fsp3) is 0.350. The van der Waals surface area contributed by atoms with Crippen LogP contribution < -0.4 is 15.8 Å². The van der Waals surface area contributed by atoms with Gasteiger partial charge in [0.25, 0.3) is 5.91 Å². The number of anilines is 2. The van der Waals surface area contributed by atoms with Gasteiger partial charge in [0.1, 0.15) is 5.75 Å². The highest BCUT2D eigenvalue weighted by molar-refractivity contribution is 6.33. The summed E-state index contributed by atoms with van der Waals surface area (Å²) >= 11 is 5.91. The molecular formula is C20H25ClN2O2. The van der Waals surface area contributed by atoms with E-state index in [1.807, 2.05) is 31.2 Å². The molecule has 0 fully saturated rings. The van der Waals surface area contributed by atoms with Crippen molar-refractivity contribution in [2.24, 2.45) is 0 Å². The van der Waals surface area contributed by atoms with Crippen LogP contribution in [0.2, 0.25) is 5.02 Å². The summed E-state index contributed by atoms with van der Waals surface area (Å²) in [7, 11) is 0. The van der Waals surface area contributed by atoms with Gasteiger partial charge in [0.15, 0.2) is 6.10 Å². The zero-order chi connectivity index (χ0) is 18.4. The summed E-state index contributed by atoms with van der Waals surface area (Å²) in [6.45, 7) is 6.21. The van der Waals surface area contributed by atoms with Gasteiger partial charge in [-0.1, -0.05) is 50.6 Å². The van der Waals surface area contributed by atoms with E-state index in [9.17, 15) is 4.79 Å². The number of nitrogens with two attached hydrogens (primary N) is 1. The molecule has 0 aliphatic carbocycles. The fourth-order valence-corrected chi connectivity index (χ4v) is 2.65. The number of ether oxygens (including phenoxy) is 1. The molecule has 1 amide bonds. The first-order valence-corrected chi connectivity index (χ1v) is 8.95. The molecule has 2 aromatic rings. The van der Waals surface area contributed by atoms with Crippen LogP contribution in [0.3, 0.4) is 0 Å². The smallest absolute Gasteiger partial charge is 0.265 e. The summed E-state index contributed by atoms with van der Waals surface area (Å²) in [5, 5.41) is 3.30. The minimum atomic E-state index is -0.581. The summed E-state index contributed by atoms with van der Waals surface area (Å²) in [6, 6.07) is 12.9. The molecule has 0 saturated heterocycles. The second-order valence-electron chi connectivity index (χ2n) is 6.09. The Balaban J connectivity index is 2.14. The number of para-hydroxylation sites is 1. The highest BCUT2D eigenvalue weighted by atomic mass is 35.5. The molecule has 0 saturated carbocycles. The molecule has 0 unspecified atom stereocenters. The molecule has 0 spiro atoms. The Hall–Kier alpha value is -2.20. The number of amides is 1. The van der Waals surface area contributed by atoms with Crippen LogP contribution in [0.1, 0.15) is 45.1 Å². The zero-order valence-corrected chi connectivity index (χ0v) is 15.6. The van der Waals surface area contributed by atoms with Crippen molar-refractivity contribution in [2.45, 2.75) is 45.6 Å². The Morgan fingerprint density at radius 1 is 1.20 bits per heavy atom. The lowest BCUT2D eigenvalue weighted by atomic mass is 9.98. The van der Waals surface area contributed by atoms with Crippen LogP contribution in [0.15, 0.2) is 42.5 Å². The molecule has 0 heterocycles. The van der Waals surface area contributed by atoms with Crippen molar-refractivity contribution in [3.8, 4) is 5.75 Å². The minimum Gasteiger partial charge on any atom is -0.480 e. The van der Waals surface area contributed by atoms with Crippen molar-refractivity contribution in [3.63, 3.8) is 0 Å². The Morgan fingerprint density at radius 2 is 1.92 bits per heavy atom. The number of carbonyl (C=O) groups is 1. The molecule has 2 atom stereocenters. The highest BCUT2D eigenvalue weighted by Crippen LogP contribution is 2.30. The topological polar surface area (TPSA) is 64.3 Å². The van der Waals surface area contributed by atoms with Gasteiger partial charge in [-0.3, -0.25) is 4.79 Å². The molecule has 0 aliphatic heterocycles. The summed E-state index contributed by atoms with van der Waals surface area (Å²) in [6.07, 6.45) is 0.985. The quantitative estimate of drug-likeness (QED) is 0.664. The van der Waals surface area contributed by atoms with Crippen LogP contribution in [0.4, 0.5) is 11.4 Å². The third-order valence-corrected chi connectivity index (χ3v) is 4.60. The van der Waals surface area contributed by atoms with Crippen molar-refractivity contribution >= 4 is 28.9 Å². The van der Waals surface area contributed by atoms with Crippen molar-refractivity contribution < 1.29 is 9.53 Å². The number of benzene rings is 2. The van der Waals surface area contributed by atoms with Gasteiger partial charge < -0.3 is 15.8 Å². The molecule has 0 aromatic heterocycles. The third kappa shape index (κ3) is 4.89. The predicted molar refractivity (Wildman–Crippen MR) is 104 cm³/mol. The van der Waals surface area contributed by atoms with Crippen LogP contribution in [0.25, 0.3) is 0 Å². The Kier molecular flexibility index (Phi) is 6.71. The van der Waals surface area contributed by atoms with E-state index in [2.05, 4.69) is 19.2 Å². The molecule has 2 aromatic carbocycles. The van der Waals surface area contributed by atoms with Crippen LogP contribution in [-0.2, 0) is 4.79 Å². The maximum Gasteiger partial charge on any atom is 0.265 e. The first-order chi connectivity index (χ1) is 12.0. The first kappa shape index (κ1) is 19.1. The summed E-state index contributed by atoms with van der Waals surface area (Å²) < 4.78 is 6.04. The van der Waals surface area contributed by atoms with E-state index in [-0.39, 0.29) is 5.91 Å². The average molecular weight is 361 g/mol. The lowest BCUT2D eigenvalue weighted by molar-refractivity contribution is -0.122. The van der Waals surface area contributed by atoms with Gasteiger partial charge in [-0.2, -0.15) is 0 Å². The molecule has 0 radical (unpaired) electrons. The van der Waals surface area contributed by atoms with E-state index in [1.54, 1.807) is 18.2 Å². The van der Waals surface area contributed by atoms with Gasteiger partial charge >= 0.3 is 0 Å². The average Bonchev–Trinajstić information content (AvgIpc) is 2.62. The predicted octanol–water partition coefficient (Wildman–Crippen LogP) is 5.23. The number of rotatable bonds is 7. The molecule has 2 rings (SSSR count). The zero-order valence-electron chi connectivity index (χ0n) is 14.9. The van der Waals surface area contributed by atoms with Crippen molar-refractivity contribution in [2.75, 3.05) is 11.1 Å². The lowest BCUT2D eigenvalue weighted by Crippen LogP contribution is -2.32. The number of hydrogen-bond donors (Lipinski definition) is 2. The van der Waals surface area contributed by atoms with Gasteiger partial charge in [0.2, 0.25) is 0 Å². The molecule has 134 valence electrons. The van der Waals surface area contributed by atoms with Gasteiger partial charge in [-0.25, -0.2) is 0 Å². The first-order valence-electron chi connectivity index (χ1n) is 8.57. The maximum absolute atomic E-state index is 12.6. The molecule has 0 bridgehead atoms. The van der Waals surface area contributed by atoms with E-state index >= 15 is 0 Å². The third-order valence-electron chi connectivity index (χ3n) is 4.26. The second kappa shape index (κ2) is 8.77. The van der Waals surface area contributed by atoms with Crippen molar-refractivity contribution in [1.29, 1.82) is 0 Å². The van der Waals surface area contributed by atoms with Gasteiger partial charge in [0, 0.05) is 5.69 Å². The molecule has 25 heavy (non-hydrogen) atoms. The van der Waals surface area contributed by atoms with E-state index < -0.39 is 6.10 Å². The van der Waals surface area contributed by atoms with Crippen LogP contribution in [0.5, 0.6) is 5.75 Å². The number of carbonyl (C=O) groups excluding carboxylic acids is 1. The summed E-state index contributed by atoms with van der Waals surface area (Å²) in [5.74, 6) is 0.922. The maximum atomic E-state index is 12.6. The van der Waals surface area contributed by atoms with Crippen LogP contribution in [-0.4, -0.2) is 12.0 Å². The molecule has 4 nitrogen and oxygen atoms in total. The monoisotopic (exact) mass is 360 g/mol. The van der Waals surface area contributed by atoms with Crippen molar-refractivity contribution in [1.82, 2.24) is 0 Å². The van der Waals surface area contributed by atoms with E-state index in [4.69, 9.17) is 22.1 Å². The SMILES string of the molecule is CC[C@H](Oc1ccccc1[C@H](C)CC)C(=O)Nc1ccc(Cl)c(N)c1. The number of nitrogen functional groups attached to an aromatic ring is 1. The van der Waals surface area contributed by atoms with Gasteiger partial charge in [-0.05, 0) is 48.6 Å². The van der Waals surface area contributed by atoms with Gasteiger partial charge in [-0.15, -0.1) is 0 Å². The molecule has 5 heteroatoms. The number of halogens is 1. The summed E-state index contributed by atoms with van der Waals surface area (Å²) in [4.78, 5) is 12.6. The van der Waals surface area contributed by atoms with E-state index in [0.29, 0.717) is 28.7 Å². The summed E-state index contributed by atoms with van der Waals surface area (Å²) in [5.41, 5.74) is 7.93. The second-order valence-corrected chi connectivity index (χ2v) is 6.49. The minimum absolute atomic E-state index is 0.205. The Morgan fingerprint density at radius 3 is 2.56 bits per heavy atom. The fourth-order valence-electron chi connectivity index (χ4n) is 2.53. The highest BCUT2D eigenvalue weighted by Gasteiger charge is 2.21. The standard InChI is InChI=1S/C20H25ClN2O2/c1-4-13(3)15-8-6-7-9-19(15)25-18(5-2)20(24)23-14-10-11-16(21)17(22)12-14/h6-13,18H,4-5,22H2,1-3H3,(H,23,24)/t13-,18+/m1/s1. The van der Waals surface area contributed by atoms with Crippen LogP contribution >= 0.6 is 11.6 Å². The number of nitrogens with one attached hydrogen (secondary N) is 1. The normalized spacial score (nSPS) is 13.1. The Labute approximate surface area is 154 Å². The van der Waals surface area contributed by atoms with E-state index in [1.165, 1.54) is 0 Å².